The molecule has 3 aliphatic rings. The van der Waals surface area contributed by atoms with Gasteiger partial charge in [0.05, 0.1) is 0 Å². The van der Waals surface area contributed by atoms with Crippen LogP contribution in [0.15, 0.2) is 60.0 Å². The molecule has 6 rings (SSSR count). The topological polar surface area (TPSA) is 83.6 Å². The first-order chi connectivity index (χ1) is 25.6. The number of amides is 2. The average molecular weight is 729 g/mol. The van der Waals surface area contributed by atoms with E-state index >= 15 is 0 Å². The summed E-state index contributed by atoms with van der Waals surface area (Å²) in [6.45, 7) is 3.63. The number of carbonyl (C=O) groups is 2. The van der Waals surface area contributed by atoms with Crippen molar-refractivity contribution in [3.8, 4) is 5.75 Å². The van der Waals surface area contributed by atoms with Crippen LogP contribution in [0.25, 0.3) is 0 Å². The van der Waals surface area contributed by atoms with Crippen molar-refractivity contribution >= 4 is 28.3 Å². The first-order valence-electron chi connectivity index (χ1n) is 20.7. The number of thiazole rings is 1. The van der Waals surface area contributed by atoms with Crippen molar-refractivity contribution < 1.29 is 14.3 Å². The lowest BCUT2D eigenvalue weighted by Crippen LogP contribution is -2.52. The van der Waals surface area contributed by atoms with E-state index in [9.17, 15) is 9.59 Å². The number of aromatic nitrogens is 1. The molecular formula is C44H64N4O3S. The molecular weight excluding hydrogens is 665 g/mol. The molecule has 2 N–H and O–H groups in total. The van der Waals surface area contributed by atoms with Gasteiger partial charge in [0.1, 0.15) is 18.1 Å². The molecule has 0 saturated carbocycles. The Kier molecular flexibility index (Phi) is 18.0. The van der Waals surface area contributed by atoms with Gasteiger partial charge in [-0.1, -0.05) is 146 Å². The number of benzene rings is 2. The second-order valence-electron chi connectivity index (χ2n) is 15.2. The highest BCUT2D eigenvalue weighted by atomic mass is 32.1. The maximum Gasteiger partial charge on any atom is 0.271 e. The molecule has 3 aromatic rings. The summed E-state index contributed by atoms with van der Waals surface area (Å²) in [6.07, 6.45) is 28.3. The third kappa shape index (κ3) is 14.7. The molecule has 3 fully saturated rings. The second-order valence-corrected chi connectivity index (χ2v) is 16.1. The number of anilines is 1. The standard InChI is InChI=1S/C44H64N4O3S/c49-42(38-26-28-39(29-27-38)51-34-36-23-19-18-20-24-36)47-44-46-41(35-52-44)43(50)45-40-33-48-31-22-17-15-13-11-9-7-5-3-1-2-4-6-8-10-12-14-16-21-25-37(40)30-32-48/h18-20,23-24,26-29,35,37,40H,1-17,21-22,25,30-34H2,(H,45,50)(H,46,47,49). The highest BCUT2D eigenvalue weighted by Gasteiger charge is 2.30. The molecule has 3 saturated heterocycles. The number of carbonyl (C=O) groups excluding carboxylic acids is 2. The quantitative estimate of drug-likeness (QED) is 0.253. The van der Waals surface area contributed by atoms with Gasteiger partial charge in [-0.3, -0.25) is 14.9 Å². The lowest BCUT2D eigenvalue weighted by atomic mass is 9.86. The highest BCUT2D eigenvalue weighted by molar-refractivity contribution is 7.14. The lowest BCUT2D eigenvalue weighted by Gasteiger charge is -2.39. The minimum atomic E-state index is -0.261. The van der Waals surface area contributed by atoms with E-state index in [1.807, 2.05) is 30.3 Å². The number of rotatable bonds is 7. The van der Waals surface area contributed by atoms with Crippen LogP contribution in [0.1, 0.15) is 161 Å². The second kappa shape index (κ2) is 23.4. The smallest absolute Gasteiger partial charge is 0.271 e. The maximum atomic E-state index is 13.6. The Balaban J connectivity index is 1.10. The van der Waals surface area contributed by atoms with E-state index in [0.29, 0.717) is 34.7 Å². The Morgan fingerprint density at radius 2 is 1.25 bits per heavy atom. The zero-order valence-electron chi connectivity index (χ0n) is 31.6. The molecule has 8 heteroatoms. The van der Waals surface area contributed by atoms with Crippen LogP contribution < -0.4 is 15.4 Å². The van der Waals surface area contributed by atoms with Gasteiger partial charge in [0.2, 0.25) is 0 Å². The van der Waals surface area contributed by atoms with Gasteiger partial charge in [-0.15, -0.1) is 11.3 Å². The van der Waals surface area contributed by atoms with Crippen molar-refractivity contribution in [2.75, 3.05) is 25.0 Å². The molecule has 7 nitrogen and oxygen atoms in total. The predicted molar refractivity (Wildman–Crippen MR) is 215 cm³/mol. The number of piperidine rings is 1. The molecule has 0 spiro atoms. The van der Waals surface area contributed by atoms with Crippen molar-refractivity contribution in [2.24, 2.45) is 5.92 Å². The number of nitrogens with one attached hydrogen (secondary N) is 2. The number of fused-ring (bicyclic) bond motifs is 22. The van der Waals surface area contributed by atoms with Crippen molar-refractivity contribution in [2.45, 2.75) is 147 Å². The van der Waals surface area contributed by atoms with Gasteiger partial charge < -0.3 is 15.0 Å². The molecule has 52 heavy (non-hydrogen) atoms. The lowest BCUT2D eigenvalue weighted by molar-refractivity contribution is 0.0830. The summed E-state index contributed by atoms with van der Waals surface area (Å²) in [4.78, 5) is 33.7. The zero-order chi connectivity index (χ0) is 36.1. The molecule has 3 unspecified atom stereocenters. The molecule has 284 valence electrons. The van der Waals surface area contributed by atoms with Gasteiger partial charge in [0, 0.05) is 23.5 Å². The van der Waals surface area contributed by atoms with Crippen LogP contribution >= 0.6 is 11.3 Å². The molecule has 0 aliphatic carbocycles. The van der Waals surface area contributed by atoms with Gasteiger partial charge in [0.25, 0.3) is 11.8 Å². The fourth-order valence-corrected chi connectivity index (χ4v) is 8.50. The van der Waals surface area contributed by atoms with E-state index in [2.05, 4.69) is 20.5 Å². The SMILES string of the molecule is O=C(Nc1nc(C(=O)NC2CN3CCCCCCCCCCCCCCCCCCCCCC2CC3)cs1)c1ccc(OCc2ccccc2)cc1. The van der Waals surface area contributed by atoms with Crippen LogP contribution in [-0.4, -0.2) is 47.4 Å². The first kappa shape index (κ1) is 40.0. The summed E-state index contributed by atoms with van der Waals surface area (Å²) in [5.74, 6) is 0.791. The normalized spacial score (nSPS) is 22.3. The van der Waals surface area contributed by atoms with Crippen molar-refractivity contribution in [3.05, 3.63) is 76.8 Å². The average Bonchev–Trinajstić information content (AvgIpc) is 3.64. The predicted octanol–water partition coefficient (Wildman–Crippen LogP) is 11.2. The molecule has 2 amide bonds. The fourth-order valence-electron chi connectivity index (χ4n) is 7.82. The Labute approximate surface area is 317 Å². The van der Waals surface area contributed by atoms with Crippen LogP contribution in [0.5, 0.6) is 5.75 Å². The summed E-state index contributed by atoms with van der Waals surface area (Å²) >= 11 is 1.29. The van der Waals surface area contributed by atoms with Crippen LogP contribution in [-0.2, 0) is 6.61 Å². The van der Waals surface area contributed by atoms with Gasteiger partial charge in [-0.05, 0) is 68.1 Å². The Morgan fingerprint density at radius 3 is 1.87 bits per heavy atom. The summed E-state index contributed by atoms with van der Waals surface area (Å²) in [5, 5.41) is 8.46. The minimum Gasteiger partial charge on any atom is -0.489 e. The molecule has 2 bridgehead atoms. The number of hydrogen-bond donors (Lipinski definition) is 2. The Bertz CT molecular complexity index is 1420. The Hall–Kier alpha value is -3.23. The van der Waals surface area contributed by atoms with Crippen molar-refractivity contribution in [1.29, 1.82) is 0 Å². The summed E-state index contributed by atoms with van der Waals surface area (Å²) < 4.78 is 5.86. The molecule has 2 aromatic carbocycles. The zero-order valence-corrected chi connectivity index (χ0v) is 32.4. The third-order valence-corrected chi connectivity index (χ3v) is 11.8. The maximum absolute atomic E-state index is 13.6. The van der Waals surface area contributed by atoms with E-state index < -0.39 is 0 Å². The number of ether oxygens (including phenoxy) is 1. The van der Waals surface area contributed by atoms with E-state index in [1.54, 1.807) is 29.6 Å². The van der Waals surface area contributed by atoms with Crippen LogP contribution in [0.4, 0.5) is 5.13 Å². The minimum absolute atomic E-state index is 0.123. The Morgan fingerprint density at radius 1 is 0.673 bits per heavy atom. The van der Waals surface area contributed by atoms with Gasteiger partial charge in [-0.25, -0.2) is 4.98 Å². The molecule has 4 heterocycles. The molecule has 3 aliphatic heterocycles. The largest absolute Gasteiger partial charge is 0.489 e. The summed E-state index contributed by atoms with van der Waals surface area (Å²) in [6, 6.07) is 17.2. The van der Waals surface area contributed by atoms with E-state index in [1.165, 1.54) is 140 Å². The first-order valence-corrected chi connectivity index (χ1v) is 21.6. The van der Waals surface area contributed by atoms with E-state index in [0.717, 1.165) is 31.6 Å². The van der Waals surface area contributed by atoms with Gasteiger partial charge in [0.15, 0.2) is 5.13 Å². The van der Waals surface area contributed by atoms with Crippen LogP contribution in [0, 0.1) is 5.92 Å². The molecule has 3 atom stereocenters. The van der Waals surface area contributed by atoms with Gasteiger partial charge in [-0.2, -0.15) is 0 Å². The van der Waals surface area contributed by atoms with Crippen molar-refractivity contribution in [3.63, 3.8) is 0 Å². The summed E-state index contributed by atoms with van der Waals surface area (Å²) in [7, 11) is 0. The van der Waals surface area contributed by atoms with E-state index in [-0.39, 0.29) is 17.9 Å². The van der Waals surface area contributed by atoms with Crippen LogP contribution in [0.3, 0.4) is 0 Å². The van der Waals surface area contributed by atoms with Crippen molar-refractivity contribution in [1.82, 2.24) is 15.2 Å². The highest BCUT2D eigenvalue weighted by Crippen LogP contribution is 2.26. The molecule has 0 radical (unpaired) electrons. The van der Waals surface area contributed by atoms with Crippen LogP contribution in [0.2, 0.25) is 0 Å². The number of nitrogens with zero attached hydrogens (tertiary/aromatic N) is 2. The monoisotopic (exact) mass is 728 g/mol. The third-order valence-electron chi connectivity index (χ3n) is 11.0. The molecule has 1 aromatic heterocycles. The number of hydrogen-bond acceptors (Lipinski definition) is 6. The fraction of sp³-hybridized carbons (Fsp3) is 0.614. The van der Waals surface area contributed by atoms with Gasteiger partial charge >= 0.3 is 0 Å². The van der Waals surface area contributed by atoms with E-state index in [4.69, 9.17) is 4.74 Å². The summed E-state index contributed by atoms with van der Waals surface area (Å²) in [5.41, 5.74) is 1.97.